The van der Waals surface area contributed by atoms with Gasteiger partial charge in [0.05, 0.1) is 19.8 Å². The Morgan fingerprint density at radius 1 is 1.62 bits per heavy atom. The highest BCUT2D eigenvalue weighted by Crippen LogP contribution is 2.17. The molecule has 1 N–H and O–H groups in total. The Balaban J connectivity index is 1.81. The Morgan fingerprint density at radius 2 is 2.50 bits per heavy atom. The van der Waals surface area contributed by atoms with Gasteiger partial charge in [0, 0.05) is 32.7 Å². The summed E-state index contributed by atoms with van der Waals surface area (Å²) in [4.78, 5) is 14.0. The molecule has 2 heterocycles. The maximum absolute atomic E-state index is 12.1. The molecule has 2 atom stereocenters. The molecule has 0 saturated carbocycles. The number of rotatable bonds is 3. The predicted molar refractivity (Wildman–Crippen MR) is 59.2 cm³/mol. The molecule has 0 aromatic heterocycles. The van der Waals surface area contributed by atoms with Crippen LogP contribution in [0.1, 0.15) is 6.42 Å². The molecule has 1 amide bonds. The van der Waals surface area contributed by atoms with Gasteiger partial charge in [0.1, 0.15) is 6.04 Å². The van der Waals surface area contributed by atoms with Crippen LogP contribution in [-0.4, -0.2) is 63.4 Å². The summed E-state index contributed by atoms with van der Waals surface area (Å²) in [6, 6.07) is -0.143. The van der Waals surface area contributed by atoms with E-state index in [2.05, 4.69) is 5.32 Å². The first kappa shape index (κ1) is 11.8. The summed E-state index contributed by atoms with van der Waals surface area (Å²) in [6.45, 7) is 4.40. The Hall–Kier alpha value is -0.650. The average molecular weight is 228 g/mol. The number of methoxy groups -OCH3 is 1. The maximum Gasteiger partial charge on any atom is 0.242 e. The van der Waals surface area contributed by atoms with Crippen molar-refractivity contribution in [3.05, 3.63) is 0 Å². The molecule has 92 valence electrons. The molecule has 2 rings (SSSR count). The van der Waals surface area contributed by atoms with Crippen molar-refractivity contribution in [3.8, 4) is 0 Å². The Labute approximate surface area is 96.1 Å². The highest BCUT2D eigenvalue weighted by Gasteiger charge is 2.31. The third-order valence-electron chi connectivity index (χ3n) is 3.22. The van der Waals surface area contributed by atoms with Crippen LogP contribution in [-0.2, 0) is 14.3 Å². The van der Waals surface area contributed by atoms with Crippen molar-refractivity contribution in [3.63, 3.8) is 0 Å². The predicted octanol–water partition coefficient (Wildman–Crippen LogP) is -0.530. The van der Waals surface area contributed by atoms with Gasteiger partial charge in [0.25, 0.3) is 0 Å². The minimum atomic E-state index is -0.143. The number of nitrogens with one attached hydrogen (secondary N) is 1. The lowest BCUT2D eigenvalue weighted by Crippen LogP contribution is -2.52. The SMILES string of the molecule is COCC1CCN(C(=O)C2COCCN2)C1. The molecule has 2 saturated heterocycles. The number of amides is 1. The van der Waals surface area contributed by atoms with Crippen LogP contribution >= 0.6 is 0 Å². The molecule has 0 aromatic rings. The molecule has 2 fully saturated rings. The van der Waals surface area contributed by atoms with E-state index >= 15 is 0 Å². The molecule has 16 heavy (non-hydrogen) atoms. The second-order valence-corrected chi connectivity index (χ2v) is 4.48. The lowest BCUT2D eigenvalue weighted by Gasteiger charge is -2.27. The molecule has 0 radical (unpaired) electrons. The van der Waals surface area contributed by atoms with E-state index in [1.54, 1.807) is 7.11 Å². The average Bonchev–Trinajstić information content (AvgIpc) is 2.78. The van der Waals surface area contributed by atoms with Crippen molar-refractivity contribution in [2.24, 2.45) is 5.92 Å². The van der Waals surface area contributed by atoms with Gasteiger partial charge in [-0.1, -0.05) is 0 Å². The van der Waals surface area contributed by atoms with Crippen LogP contribution < -0.4 is 5.32 Å². The van der Waals surface area contributed by atoms with Crippen LogP contribution in [0.3, 0.4) is 0 Å². The quantitative estimate of drug-likeness (QED) is 0.705. The van der Waals surface area contributed by atoms with Gasteiger partial charge in [0.2, 0.25) is 5.91 Å². The van der Waals surface area contributed by atoms with Crippen molar-refractivity contribution < 1.29 is 14.3 Å². The third kappa shape index (κ3) is 2.72. The lowest BCUT2D eigenvalue weighted by molar-refractivity contribution is -0.135. The van der Waals surface area contributed by atoms with Crippen LogP contribution in [0.25, 0.3) is 0 Å². The van der Waals surface area contributed by atoms with Crippen molar-refractivity contribution in [1.82, 2.24) is 10.2 Å². The monoisotopic (exact) mass is 228 g/mol. The zero-order valence-electron chi connectivity index (χ0n) is 9.78. The summed E-state index contributed by atoms with van der Waals surface area (Å²) in [5.74, 6) is 0.678. The molecule has 5 nitrogen and oxygen atoms in total. The Kier molecular flexibility index (Phi) is 4.15. The van der Waals surface area contributed by atoms with Crippen molar-refractivity contribution >= 4 is 5.91 Å². The standard InChI is InChI=1S/C11H20N2O3/c1-15-7-9-2-4-13(6-9)11(14)10-8-16-5-3-12-10/h9-10,12H,2-8H2,1H3. The Bertz CT molecular complexity index is 241. The van der Waals surface area contributed by atoms with E-state index < -0.39 is 0 Å². The van der Waals surface area contributed by atoms with Gasteiger partial charge in [-0.3, -0.25) is 4.79 Å². The number of carbonyl (C=O) groups is 1. The summed E-state index contributed by atoms with van der Waals surface area (Å²) in [7, 11) is 1.71. The van der Waals surface area contributed by atoms with Crippen LogP contribution in [0.5, 0.6) is 0 Å². The molecule has 2 aliphatic rings. The fraction of sp³-hybridized carbons (Fsp3) is 0.909. The fourth-order valence-corrected chi connectivity index (χ4v) is 2.35. The van der Waals surface area contributed by atoms with E-state index in [0.717, 1.165) is 32.7 Å². The van der Waals surface area contributed by atoms with Gasteiger partial charge < -0.3 is 19.7 Å². The third-order valence-corrected chi connectivity index (χ3v) is 3.22. The summed E-state index contributed by atoms with van der Waals surface area (Å²) in [6.07, 6.45) is 1.05. The molecule has 0 bridgehead atoms. The van der Waals surface area contributed by atoms with E-state index in [4.69, 9.17) is 9.47 Å². The highest BCUT2D eigenvalue weighted by molar-refractivity contribution is 5.82. The van der Waals surface area contributed by atoms with Gasteiger partial charge in [-0.2, -0.15) is 0 Å². The van der Waals surface area contributed by atoms with Crippen molar-refractivity contribution in [1.29, 1.82) is 0 Å². The Morgan fingerprint density at radius 3 is 3.19 bits per heavy atom. The number of nitrogens with zero attached hydrogens (tertiary/aromatic N) is 1. The van der Waals surface area contributed by atoms with Crippen LogP contribution in [0.15, 0.2) is 0 Å². The first-order valence-corrected chi connectivity index (χ1v) is 5.90. The number of morpholine rings is 1. The van der Waals surface area contributed by atoms with E-state index in [1.807, 2.05) is 4.90 Å². The normalized spacial score (nSPS) is 30.7. The molecule has 2 aliphatic heterocycles. The number of carbonyl (C=O) groups excluding carboxylic acids is 1. The topological polar surface area (TPSA) is 50.8 Å². The van der Waals surface area contributed by atoms with Gasteiger partial charge in [0.15, 0.2) is 0 Å². The first-order valence-electron chi connectivity index (χ1n) is 5.90. The smallest absolute Gasteiger partial charge is 0.242 e. The largest absolute Gasteiger partial charge is 0.384 e. The first-order chi connectivity index (χ1) is 7.81. The second kappa shape index (κ2) is 5.61. The molecule has 0 aromatic carbocycles. The fourth-order valence-electron chi connectivity index (χ4n) is 2.35. The molecular formula is C11H20N2O3. The molecule has 5 heteroatoms. The summed E-state index contributed by atoms with van der Waals surface area (Å²) < 4.78 is 10.4. The lowest BCUT2D eigenvalue weighted by atomic mass is 10.1. The minimum Gasteiger partial charge on any atom is -0.384 e. The van der Waals surface area contributed by atoms with Gasteiger partial charge >= 0.3 is 0 Å². The highest BCUT2D eigenvalue weighted by atomic mass is 16.5. The number of ether oxygens (including phenoxy) is 2. The summed E-state index contributed by atoms with van der Waals surface area (Å²) in [5.41, 5.74) is 0. The van der Waals surface area contributed by atoms with E-state index in [0.29, 0.717) is 19.1 Å². The summed E-state index contributed by atoms with van der Waals surface area (Å²) >= 11 is 0. The molecule has 0 aliphatic carbocycles. The summed E-state index contributed by atoms with van der Waals surface area (Å²) in [5, 5.41) is 3.20. The van der Waals surface area contributed by atoms with Gasteiger partial charge in [-0.05, 0) is 6.42 Å². The second-order valence-electron chi connectivity index (χ2n) is 4.48. The molecule has 2 unspecified atom stereocenters. The van der Waals surface area contributed by atoms with E-state index in [9.17, 15) is 4.79 Å². The van der Waals surface area contributed by atoms with E-state index in [-0.39, 0.29) is 11.9 Å². The number of likely N-dealkylation sites (tertiary alicyclic amines) is 1. The zero-order valence-corrected chi connectivity index (χ0v) is 9.78. The number of hydrogen-bond acceptors (Lipinski definition) is 4. The zero-order chi connectivity index (χ0) is 11.4. The minimum absolute atomic E-state index is 0.143. The molecular weight excluding hydrogens is 208 g/mol. The van der Waals surface area contributed by atoms with Crippen LogP contribution in [0.2, 0.25) is 0 Å². The van der Waals surface area contributed by atoms with Crippen molar-refractivity contribution in [2.45, 2.75) is 12.5 Å². The maximum atomic E-state index is 12.1. The number of hydrogen-bond donors (Lipinski definition) is 1. The van der Waals surface area contributed by atoms with Crippen LogP contribution in [0, 0.1) is 5.92 Å². The van der Waals surface area contributed by atoms with Gasteiger partial charge in [-0.25, -0.2) is 0 Å². The van der Waals surface area contributed by atoms with Gasteiger partial charge in [-0.15, -0.1) is 0 Å². The van der Waals surface area contributed by atoms with E-state index in [1.165, 1.54) is 0 Å². The van der Waals surface area contributed by atoms with Crippen LogP contribution in [0.4, 0.5) is 0 Å². The molecule has 0 spiro atoms. The van der Waals surface area contributed by atoms with Crippen molar-refractivity contribution in [2.75, 3.05) is 46.6 Å².